The monoisotopic (exact) mass is 324 g/mol. The summed E-state index contributed by atoms with van der Waals surface area (Å²) in [5, 5.41) is 1.15. The van der Waals surface area contributed by atoms with E-state index in [1.165, 1.54) is 11.1 Å². The van der Waals surface area contributed by atoms with E-state index in [0.29, 0.717) is 6.42 Å². The highest BCUT2D eigenvalue weighted by molar-refractivity contribution is 6.03. The van der Waals surface area contributed by atoms with Crippen LogP contribution in [0.5, 0.6) is 0 Å². The molecule has 0 unspecified atom stereocenters. The molecule has 120 valence electrons. The number of nitrogens with zero attached hydrogens (tertiary/aromatic N) is 2. The van der Waals surface area contributed by atoms with E-state index in [0.717, 1.165) is 34.3 Å². The highest BCUT2D eigenvalue weighted by Gasteiger charge is 2.29. The molecule has 2 aromatic heterocycles. The molecule has 3 nitrogen and oxygen atoms in total. The minimum atomic E-state index is 0.0853. The van der Waals surface area contributed by atoms with Crippen LogP contribution in [0, 0.1) is 0 Å². The van der Waals surface area contributed by atoms with Crippen molar-refractivity contribution in [2.45, 2.75) is 12.8 Å². The average molecular weight is 324 g/mol. The number of fused-ring (bicyclic) bond motifs is 5. The normalized spacial score (nSPS) is 12.2. The van der Waals surface area contributed by atoms with Crippen LogP contribution in [0.1, 0.15) is 21.5 Å². The van der Waals surface area contributed by atoms with Gasteiger partial charge in [-0.05, 0) is 28.8 Å². The first-order valence-corrected chi connectivity index (χ1v) is 8.46. The Morgan fingerprint density at radius 3 is 2.64 bits per heavy atom. The number of pyridine rings is 1. The van der Waals surface area contributed by atoms with E-state index in [-0.39, 0.29) is 5.91 Å². The van der Waals surface area contributed by atoms with E-state index in [2.05, 4.69) is 17.1 Å². The van der Waals surface area contributed by atoms with Crippen LogP contribution in [0.2, 0.25) is 0 Å². The third-order valence-electron chi connectivity index (χ3n) is 4.91. The van der Waals surface area contributed by atoms with E-state index in [1.807, 2.05) is 59.2 Å². The van der Waals surface area contributed by atoms with Gasteiger partial charge in [0.05, 0.1) is 23.3 Å². The molecule has 0 saturated heterocycles. The molecule has 0 atom stereocenters. The molecular weight excluding hydrogens is 308 g/mol. The van der Waals surface area contributed by atoms with E-state index < -0.39 is 0 Å². The zero-order chi connectivity index (χ0) is 16.8. The standard InChI is InChI=1S/C22H16N2O/c25-20(13-15-7-2-1-3-8-15)24-19-11-5-4-10-17(19)18-14-16-9-6-12-23-21(16)22(18)24/h1-12H,13-14H2. The third kappa shape index (κ3) is 2.13. The lowest BCUT2D eigenvalue weighted by Gasteiger charge is -2.09. The summed E-state index contributed by atoms with van der Waals surface area (Å²) in [7, 11) is 0. The largest absolute Gasteiger partial charge is 0.278 e. The molecule has 0 aliphatic heterocycles. The Morgan fingerprint density at radius 2 is 1.76 bits per heavy atom. The van der Waals surface area contributed by atoms with Crippen molar-refractivity contribution in [3.05, 3.63) is 89.6 Å². The van der Waals surface area contributed by atoms with Gasteiger partial charge in [-0.15, -0.1) is 0 Å². The minimum absolute atomic E-state index is 0.0853. The number of aromatic nitrogens is 2. The Hall–Kier alpha value is -3.20. The summed E-state index contributed by atoms with van der Waals surface area (Å²) in [5.41, 5.74) is 6.32. The van der Waals surface area contributed by atoms with Gasteiger partial charge in [-0.1, -0.05) is 54.6 Å². The van der Waals surface area contributed by atoms with Crippen LogP contribution in [-0.2, 0) is 12.8 Å². The fourth-order valence-electron chi connectivity index (χ4n) is 3.83. The number of hydrogen-bond donors (Lipinski definition) is 0. The Bertz CT molecular complexity index is 1110. The fourth-order valence-corrected chi connectivity index (χ4v) is 3.83. The van der Waals surface area contributed by atoms with Crippen molar-refractivity contribution < 1.29 is 4.79 Å². The van der Waals surface area contributed by atoms with Gasteiger partial charge >= 0.3 is 0 Å². The van der Waals surface area contributed by atoms with Crippen molar-refractivity contribution in [3.63, 3.8) is 0 Å². The van der Waals surface area contributed by atoms with Gasteiger partial charge < -0.3 is 0 Å². The summed E-state index contributed by atoms with van der Waals surface area (Å²) in [6.07, 6.45) is 3.02. The zero-order valence-electron chi connectivity index (χ0n) is 13.6. The molecule has 0 amide bonds. The first-order chi connectivity index (χ1) is 12.3. The first kappa shape index (κ1) is 14.2. The molecule has 0 spiro atoms. The number of hydrogen-bond acceptors (Lipinski definition) is 2. The predicted octanol–water partition coefficient (Wildman–Crippen LogP) is 4.49. The Balaban J connectivity index is 1.72. The molecule has 3 heteroatoms. The molecular formula is C22H16N2O. The van der Waals surface area contributed by atoms with E-state index in [4.69, 9.17) is 0 Å². The molecule has 2 heterocycles. The van der Waals surface area contributed by atoms with Crippen molar-refractivity contribution >= 4 is 16.8 Å². The zero-order valence-corrected chi connectivity index (χ0v) is 13.6. The Morgan fingerprint density at radius 1 is 0.960 bits per heavy atom. The third-order valence-corrected chi connectivity index (χ3v) is 4.91. The first-order valence-electron chi connectivity index (χ1n) is 8.46. The van der Waals surface area contributed by atoms with Gasteiger partial charge in [0.15, 0.2) is 0 Å². The van der Waals surface area contributed by atoms with Gasteiger partial charge in [0.25, 0.3) is 0 Å². The second-order valence-electron chi connectivity index (χ2n) is 6.42. The summed E-state index contributed by atoms with van der Waals surface area (Å²) < 4.78 is 1.87. The van der Waals surface area contributed by atoms with E-state index in [1.54, 1.807) is 6.20 Å². The molecule has 5 rings (SSSR count). The van der Waals surface area contributed by atoms with Crippen molar-refractivity contribution in [3.8, 4) is 11.4 Å². The number of benzene rings is 2. The lowest BCUT2D eigenvalue weighted by Crippen LogP contribution is -2.14. The molecule has 1 aliphatic rings. The van der Waals surface area contributed by atoms with Crippen LogP contribution >= 0.6 is 0 Å². The fraction of sp³-hybridized carbons (Fsp3) is 0.0909. The van der Waals surface area contributed by atoms with Crippen molar-refractivity contribution in [2.24, 2.45) is 0 Å². The van der Waals surface area contributed by atoms with Crippen molar-refractivity contribution in [1.82, 2.24) is 9.55 Å². The van der Waals surface area contributed by atoms with Gasteiger partial charge in [0.1, 0.15) is 0 Å². The minimum Gasteiger partial charge on any atom is -0.278 e. The molecule has 0 N–H and O–H groups in total. The number of carbonyl (C=O) groups is 1. The highest BCUT2D eigenvalue weighted by atomic mass is 16.2. The molecule has 2 aromatic carbocycles. The van der Waals surface area contributed by atoms with Crippen LogP contribution in [-0.4, -0.2) is 15.5 Å². The van der Waals surface area contributed by atoms with Gasteiger partial charge in [-0.3, -0.25) is 14.3 Å². The lowest BCUT2D eigenvalue weighted by molar-refractivity contribution is 0.0921. The van der Waals surface area contributed by atoms with Crippen LogP contribution in [0.4, 0.5) is 0 Å². The van der Waals surface area contributed by atoms with Gasteiger partial charge in [-0.2, -0.15) is 0 Å². The van der Waals surface area contributed by atoms with Crippen LogP contribution in [0.15, 0.2) is 72.9 Å². The summed E-state index contributed by atoms with van der Waals surface area (Å²) in [5.74, 6) is 0.0853. The molecule has 0 bridgehead atoms. The molecule has 25 heavy (non-hydrogen) atoms. The maximum Gasteiger partial charge on any atom is 0.236 e. The molecule has 0 saturated carbocycles. The summed E-state index contributed by atoms with van der Waals surface area (Å²) in [6.45, 7) is 0. The summed E-state index contributed by atoms with van der Waals surface area (Å²) in [4.78, 5) is 17.8. The van der Waals surface area contributed by atoms with Crippen molar-refractivity contribution in [2.75, 3.05) is 0 Å². The SMILES string of the molecule is O=C(Cc1ccccc1)n1c2c(c3ccccc31)Cc1cccnc1-2. The molecule has 1 aliphatic carbocycles. The summed E-state index contributed by atoms with van der Waals surface area (Å²) in [6, 6.07) is 22.1. The number of para-hydroxylation sites is 1. The topological polar surface area (TPSA) is 34.9 Å². The average Bonchev–Trinajstić information content (AvgIpc) is 3.17. The second-order valence-corrected chi connectivity index (χ2v) is 6.42. The van der Waals surface area contributed by atoms with Gasteiger partial charge in [0.2, 0.25) is 5.91 Å². The van der Waals surface area contributed by atoms with Crippen molar-refractivity contribution in [1.29, 1.82) is 0 Å². The molecule has 0 radical (unpaired) electrons. The molecule has 0 fully saturated rings. The lowest BCUT2D eigenvalue weighted by atomic mass is 10.1. The highest BCUT2D eigenvalue weighted by Crippen LogP contribution is 2.41. The molecule has 4 aromatic rings. The summed E-state index contributed by atoms with van der Waals surface area (Å²) >= 11 is 0. The van der Waals surface area contributed by atoms with Crippen LogP contribution in [0.3, 0.4) is 0 Å². The maximum atomic E-state index is 13.2. The predicted molar refractivity (Wildman–Crippen MR) is 98.7 cm³/mol. The van der Waals surface area contributed by atoms with E-state index in [9.17, 15) is 4.79 Å². The van der Waals surface area contributed by atoms with Crippen LogP contribution in [0.25, 0.3) is 22.3 Å². The Kier molecular flexibility index (Phi) is 3.07. The van der Waals surface area contributed by atoms with Gasteiger partial charge in [0, 0.05) is 18.0 Å². The van der Waals surface area contributed by atoms with Gasteiger partial charge in [-0.25, -0.2) is 0 Å². The number of carbonyl (C=O) groups excluding carboxylic acids is 1. The Labute approximate surface area is 145 Å². The second kappa shape index (κ2) is 5.42. The number of rotatable bonds is 2. The van der Waals surface area contributed by atoms with E-state index >= 15 is 0 Å². The smallest absolute Gasteiger partial charge is 0.236 e. The maximum absolute atomic E-state index is 13.2. The quantitative estimate of drug-likeness (QED) is 0.479. The van der Waals surface area contributed by atoms with Crippen LogP contribution < -0.4 is 0 Å².